The number of hydrogen-bond acceptors (Lipinski definition) is 4. The number of aliphatic hydroxyl groups excluding tert-OH is 1. The Labute approximate surface area is 149 Å². The van der Waals surface area contributed by atoms with Crippen LogP contribution < -0.4 is 0 Å². The Morgan fingerprint density at radius 1 is 1.20 bits per heavy atom. The van der Waals surface area contributed by atoms with Crippen molar-refractivity contribution >= 4 is 11.8 Å². The lowest BCUT2D eigenvalue weighted by atomic mass is 10.1. The van der Waals surface area contributed by atoms with Crippen molar-refractivity contribution in [1.82, 2.24) is 14.7 Å². The highest BCUT2D eigenvalue weighted by atomic mass is 16.3. The quantitative estimate of drug-likeness (QED) is 0.855. The zero-order chi connectivity index (χ0) is 17.8. The topological polar surface area (TPSA) is 64.1 Å². The molecule has 25 heavy (non-hydrogen) atoms. The molecule has 1 aromatic carbocycles. The summed E-state index contributed by atoms with van der Waals surface area (Å²) in [6, 6.07) is 9.66. The molecule has 2 aliphatic heterocycles. The van der Waals surface area contributed by atoms with Gasteiger partial charge in [0, 0.05) is 52.2 Å². The number of benzene rings is 1. The Kier molecular flexibility index (Phi) is 5.71. The second-order valence-corrected chi connectivity index (χ2v) is 6.89. The van der Waals surface area contributed by atoms with Gasteiger partial charge in [0.15, 0.2) is 0 Å². The highest BCUT2D eigenvalue weighted by Gasteiger charge is 2.36. The van der Waals surface area contributed by atoms with E-state index in [1.165, 1.54) is 0 Å². The minimum absolute atomic E-state index is 0.0884. The SMILES string of the molecule is CCN1C[C@@H](C(=O)N2CCN(C[C@@H](O)c3ccccc3)CC2)CC1=O. The summed E-state index contributed by atoms with van der Waals surface area (Å²) in [7, 11) is 0. The molecule has 1 aromatic rings. The van der Waals surface area contributed by atoms with Crippen molar-refractivity contribution in [3.63, 3.8) is 0 Å². The Bertz CT molecular complexity index is 599. The number of amides is 2. The van der Waals surface area contributed by atoms with Crippen LogP contribution in [0.2, 0.25) is 0 Å². The molecule has 2 fully saturated rings. The number of β-amino-alcohol motifs (C(OH)–C–C–N with tert-alkyl or cyclic N) is 1. The van der Waals surface area contributed by atoms with Crippen molar-refractivity contribution in [1.29, 1.82) is 0 Å². The van der Waals surface area contributed by atoms with Gasteiger partial charge < -0.3 is 14.9 Å². The highest BCUT2D eigenvalue weighted by Crippen LogP contribution is 2.21. The minimum atomic E-state index is -0.506. The lowest BCUT2D eigenvalue weighted by Crippen LogP contribution is -2.51. The predicted octanol–water partition coefficient (Wildman–Crippen LogP) is 0.733. The summed E-state index contributed by atoms with van der Waals surface area (Å²) in [5.74, 6) is 0.00642. The maximum absolute atomic E-state index is 12.6. The molecule has 2 heterocycles. The zero-order valence-electron chi connectivity index (χ0n) is 14.8. The third-order valence-corrected chi connectivity index (χ3v) is 5.24. The average molecular weight is 345 g/mol. The minimum Gasteiger partial charge on any atom is -0.387 e. The molecular weight excluding hydrogens is 318 g/mol. The first-order valence-electron chi connectivity index (χ1n) is 9.10. The zero-order valence-corrected chi connectivity index (χ0v) is 14.8. The summed E-state index contributed by atoms with van der Waals surface area (Å²) in [5.41, 5.74) is 0.921. The molecule has 0 radical (unpaired) electrons. The van der Waals surface area contributed by atoms with E-state index in [1.807, 2.05) is 42.2 Å². The fourth-order valence-electron chi connectivity index (χ4n) is 3.68. The molecule has 2 saturated heterocycles. The number of rotatable bonds is 5. The molecule has 0 spiro atoms. The van der Waals surface area contributed by atoms with E-state index in [1.54, 1.807) is 4.90 Å². The monoisotopic (exact) mass is 345 g/mol. The van der Waals surface area contributed by atoms with Gasteiger partial charge in [-0.3, -0.25) is 14.5 Å². The maximum Gasteiger partial charge on any atom is 0.228 e. The van der Waals surface area contributed by atoms with Crippen molar-refractivity contribution in [2.75, 3.05) is 45.8 Å². The molecule has 0 bridgehead atoms. The first kappa shape index (κ1) is 17.9. The van der Waals surface area contributed by atoms with E-state index in [0.717, 1.165) is 18.7 Å². The molecular formula is C19H27N3O3. The summed E-state index contributed by atoms with van der Waals surface area (Å²) in [5, 5.41) is 10.3. The number of likely N-dealkylation sites (tertiary alicyclic amines) is 1. The summed E-state index contributed by atoms with van der Waals surface area (Å²) >= 11 is 0. The molecule has 2 aliphatic rings. The lowest BCUT2D eigenvalue weighted by Gasteiger charge is -2.36. The Morgan fingerprint density at radius 3 is 2.48 bits per heavy atom. The molecule has 2 atom stereocenters. The molecule has 0 unspecified atom stereocenters. The van der Waals surface area contributed by atoms with Gasteiger partial charge in [-0.05, 0) is 12.5 Å². The van der Waals surface area contributed by atoms with Gasteiger partial charge >= 0.3 is 0 Å². The van der Waals surface area contributed by atoms with Gasteiger partial charge in [-0.2, -0.15) is 0 Å². The number of piperazine rings is 1. The third kappa shape index (κ3) is 4.19. The van der Waals surface area contributed by atoms with E-state index >= 15 is 0 Å². The number of aliphatic hydroxyl groups is 1. The van der Waals surface area contributed by atoms with E-state index in [4.69, 9.17) is 0 Å². The third-order valence-electron chi connectivity index (χ3n) is 5.24. The molecule has 2 amide bonds. The first-order valence-corrected chi connectivity index (χ1v) is 9.10. The Balaban J connectivity index is 1.47. The summed E-state index contributed by atoms with van der Waals surface area (Å²) < 4.78 is 0. The van der Waals surface area contributed by atoms with E-state index in [-0.39, 0.29) is 17.7 Å². The Morgan fingerprint density at radius 2 is 1.88 bits per heavy atom. The standard InChI is InChI=1S/C19H27N3O3/c1-2-21-13-16(12-18(21)24)19(25)22-10-8-20(9-11-22)14-17(23)15-6-4-3-5-7-15/h3-7,16-17,23H,2,8-14H2,1H3/t16-,17+/m0/s1. The van der Waals surface area contributed by atoms with Gasteiger partial charge in [0.1, 0.15) is 0 Å². The van der Waals surface area contributed by atoms with Crippen LogP contribution in [-0.2, 0) is 9.59 Å². The van der Waals surface area contributed by atoms with Crippen molar-refractivity contribution in [2.24, 2.45) is 5.92 Å². The largest absolute Gasteiger partial charge is 0.387 e. The van der Waals surface area contributed by atoms with Gasteiger partial charge in [0.2, 0.25) is 11.8 Å². The van der Waals surface area contributed by atoms with Gasteiger partial charge in [0.25, 0.3) is 0 Å². The van der Waals surface area contributed by atoms with Crippen LogP contribution in [0.1, 0.15) is 25.0 Å². The van der Waals surface area contributed by atoms with Crippen molar-refractivity contribution in [2.45, 2.75) is 19.4 Å². The number of carbonyl (C=O) groups is 2. The molecule has 0 saturated carbocycles. The molecule has 6 nitrogen and oxygen atoms in total. The van der Waals surface area contributed by atoms with E-state index in [9.17, 15) is 14.7 Å². The molecule has 0 aromatic heterocycles. The number of nitrogens with zero attached hydrogens (tertiary/aromatic N) is 3. The summed E-state index contributed by atoms with van der Waals surface area (Å²) in [4.78, 5) is 30.3. The summed E-state index contributed by atoms with van der Waals surface area (Å²) in [6.07, 6.45) is -0.159. The van der Waals surface area contributed by atoms with Crippen LogP contribution in [0.3, 0.4) is 0 Å². The first-order chi connectivity index (χ1) is 12.1. The predicted molar refractivity (Wildman–Crippen MR) is 94.8 cm³/mol. The van der Waals surface area contributed by atoms with Crippen LogP contribution >= 0.6 is 0 Å². The van der Waals surface area contributed by atoms with Crippen LogP contribution in [0.5, 0.6) is 0 Å². The van der Waals surface area contributed by atoms with Crippen LogP contribution in [0.15, 0.2) is 30.3 Å². The van der Waals surface area contributed by atoms with Gasteiger partial charge in [-0.25, -0.2) is 0 Å². The second kappa shape index (κ2) is 7.97. The van der Waals surface area contributed by atoms with Gasteiger partial charge in [-0.15, -0.1) is 0 Å². The molecule has 3 rings (SSSR count). The van der Waals surface area contributed by atoms with Crippen LogP contribution in [0, 0.1) is 5.92 Å². The smallest absolute Gasteiger partial charge is 0.228 e. The second-order valence-electron chi connectivity index (χ2n) is 6.89. The van der Waals surface area contributed by atoms with Gasteiger partial charge in [-0.1, -0.05) is 30.3 Å². The van der Waals surface area contributed by atoms with Crippen molar-refractivity contribution in [3.05, 3.63) is 35.9 Å². The van der Waals surface area contributed by atoms with E-state index < -0.39 is 6.10 Å². The van der Waals surface area contributed by atoms with Crippen LogP contribution in [0.4, 0.5) is 0 Å². The van der Waals surface area contributed by atoms with Crippen molar-refractivity contribution < 1.29 is 14.7 Å². The number of hydrogen-bond donors (Lipinski definition) is 1. The molecule has 6 heteroatoms. The highest BCUT2D eigenvalue weighted by molar-refractivity contribution is 5.89. The molecule has 1 N–H and O–H groups in total. The normalized spacial score (nSPS) is 23.1. The summed E-state index contributed by atoms with van der Waals surface area (Å²) in [6.45, 7) is 6.60. The van der Waals surface area contributed by atoms with Gasteiger partial charge in [0.05, 0.1) is 12.0 Å². The maximum atomic E-state index is 12.6. The number of carbonyl (C=O) groups excluding carboxylic acids is 2. The fourth-order valence-corrected chi connectivity index (χ4v) is 3.68. The molecule has 136 valence electrons. The van der Waals surface area contributed by atoms with Crippen molar-refractivity contribution in [3.8, 4) is 0 Å². The average Bonchev–Trinajstić information content (AvgIpc) is 3.03. The van der Waals surface area contributed by atoms with E-state index in [2.05, 4.69) is 4.90 Å². The fraction of sp³-hybridized carbons (Fsp3) is 0.579. The van der Waals surface area contributed by atoms with Crippen LogP contribution in [-0.4, -0.2) is 77.4 Å². The van der Waals surface area contributed by atoms with E-state index in [0.29, 0.717) is 39.1 Å². The Hall–Kier alpha value is -1.92. The lowest BCUT2D eigenvalue weighted by molar-refractivity contribution is -0.137. The van der Waals surface area contributed by atoms with Crippen LogP contribution in [0.25, 0.3) is 0 Å². The molecule has 0 aliphatic carbocycles.